The number of hydrogen-bond acceptors (Lipinski definition) is 4. The van der Waals surface area contributed by atoms with E-state index >= 15 is 0 Å². The third-order valence-electron chi connectivity index (χ3n) is 6.91. The number of imidazole rings is 1. The molecule has 1 saturated heterocycles. The highest BCUT2D eigenvalue weighted by atomic mass is 16.5. The second-order valence-corrected chi connectivity index (χ2v) is 9.35. The Hall–Kier alpha value is -3.31. The standard InChI is InChI=1S/C29H34N4O/c1-22-7-9-24(10-8-22)21-33-28-6-4-3-5-27(28)31-29(33)30-25-16-19-32(20-17-25)18-15-23-11-13-26(34-2)14-12-23/h3-14,25H,15-21H2,1-2H3,(H,30,31). The van der Waals surface area contributed by atoms with Gasteiger partial charge in [-0.2, -0.15) is 0 Å². The Morgan fingerprint density at radius 2 is 1.62 bits per heavy atom. The number of para-hydroxylation sites is 2. The maximum Gasteiger partial charge on any atom is 0.204 e. The number of piperidine rings is 1. The van der Waals surface area contributed by atoms with Gasteiger partial charge in [-0.1, -0.05) is 54.1 Å². The first kappa shape index (κ1) is 22.5. The van der Waals surface area contributed by atoms with Gasteiger partial charge in [0.05, 0.1) is 24.7 Å². The number of nitrogens with zero attached hydrogens (tertiary/aromatic N) is 3. The van der Waals surface area contributed by atoms with E-state index in [0.29, 0.717) is 6.04 Å². The fraction of sp³-hybridized carbons (Fsp3) is 0.345. The molecule has 0 aliphatic carbocycles. The molecule has 3 aromatic carbocycles. The summed E-state index contributed by atoms with van der Waals surface area (Å²) in [5.41, 5.74) is 6.18. The Morgan fingerprint density at radius 1 is 0.912 bits per heavy atom. The molecule has 2 heterocycles. The van der Waals surface area contributed by atoms with E-state index in [-0.39, 0.29) is 0 Å². The van der Waals surface area contributed by atoms with Crippen molar-refractivity contribution < 1.29 is 4.74 Å². The summed E-state index contributed by atoms with van der Waals surface area (Å²) in [6.07, 6.45) is 3.35. The van der Waals surface area contributed by atoms with Crippen LogP contribution >= 0.6 is 0 Å². The summed E-state index contributed by atoms with van der Waals surface area (Å²) >= 11 is 0. The number of aryl methyl sites for hydroxylation is 1. The number of likely N-dealkylation sites (tertiary alicyclic amines) is 1. The van der Waals surface area contributed by atoms with Crippen LogP contribution in [-0.2, 0) is 13.0 Å². The number of hydrogen-bond donors (Lipinski definition) is 1. The largest absolute Gasteiger partial charge is 0.497 e. The first-order valence-corrected chi connectivity index (χ1v) is 12.3. The van der Waals surface area contributed by atoms with Crippen molar-refractivity contribution in [3.8, 4) is 5.75 Å². The van der Waals surface area contributed by atoms with Crippen molar-refractivity contribution in [3.63, 3.8) is 0 Å². The van der Waals surface area contributed by atoms with Crippen LogP contribution in [-0.4, -0.2) is 47.2 Å². The Balaban J connectivity index is 1.21. The second-order valence-electron chi connectivity index (χ2n) is 9.35. The maximum absolute atomic E-state index is 5.27. The van der Waals surface area contributed by atoms with Crippen molar-refractivity contribution >= 4 is 17.0 Å². The third kappa shape index (κ3) is 5.26. The Morgan fingerprint density at radius 3 is 2.35 bits per heavy atom. The molecule has 0 spiro atoms. The van der Waals surface area contributed by atoms with Gasteiger partial charge in [0.25, 0.3) is 0 Å². The summed E-state index contributed by atoms with van der Waals surface area (Å²) in [5, 5.41) is 3.79. The smallest absolute Gasteiger partial charge is 0.204 e. The van der Waals surface area contributed by atoms with E-state index in [2.05, 4.69) is 82.4 Å². The number of methoxy groups -OCH3 is 1. The minimum absolute atomic E-state index is 0.450. The molecule has 5 rings (SSSR count). The molecule has 5 heteroatoms. The third-order valence-corrected chi connectivity index (χ3v) is 6.91. The van der Waals surface area contributed by atoms with Crippen molar-refractivity contribution in [2.24, 2.45) is 0 Å². The first-order valence-electron chi connectivity index (χ1n) is 12.3. The van der Waals surface area contributed by atoms with Crippen LogP contribution in [0.25, 0.3) is 11.0 Å². The predicted octanol–water partition coefficient (Wildman–Crippen LogP) is 5.52. The van der Waals surface area contributed by atoms with E-state index in [4.69, 9.17) is 9.72 Å². The van der Waals surface area contributed by atoms with Crippen LogP contribution in [0.4, 0.5) is 5.95 Å². The van der Waals surface area contributed by atoms with Gasteiger partial charge in [-0.05, 0) is 61.6 Å². The first-order chi connectivity index (χ1) is 16.7. The molecule has 1 aliphatic rings. The molecule has 1 fully saturated rings. The van der Waals surface area contributed by atoms with Gasteiger partial charge in [0.1, 0.15) is 5.75 Å². The van der Waals surface area contributed by atoms with Crippen LogP contribution in [0.15, 0.2) is 72.8 Å². The average molecular weight is 455 g/mol. The van der Waals surface area contributed by atoms with Crippen molar-refractivity contribution in [2.75, 3.05) is 32.1 Å². The lowest BCUT2D eigenvalue weighted by Gasteiger charge is -2.32. The molecule has 1 aliphatic heterocycles. The molecule has 5 nitrogen and oxygen atoms in total. The van der Waals surface area contributed by atoms with Crippen molar-refractivity contribution in [1.29, 1.82) is 0 Å². The maximum atomic E-state index is 5.27. The minimum atomic E-state index is 0.450. The highest BCUT2D eigenvalue weighted by molar-refractivity contribution is 5.78. The van der Waals surface area contributed by atoms with Gasteiger partial charge >= 0.3 is 0 Å². The van der Waals surface area contributed by atoms with Crippen molar-refractivity contribution in [2.45, 2.75) is 38.8 Å². The number of aromatic nitrogens is 2. The highest BCUT2D eigenvalue weighted by Crippen LogP contribution is 2.24. The average Bonchev–Trinajstić information content (AvgIpc) is 3.22. The molecule has 176 valence electrons. The Labute approximate surface area is 202 Å². The van der Waals surface area contributed by atoms with Crippen LogP contribution < -0.4 is 10.1 Å². The molecule has 0 bridgehead atoms. The summed E-state index contributed by atoms with van der Waals surface area (Å²) < 4.78 is 7.59. The quantitative estimate of drug-likeness (QED) is 0.381. The molecular weight excluding hydrogens is 420 g/mol. The van der Waals surface area contributed by atoms with Gasteiger partial charge in [-0.25, -0.2) is 4.98 Å². The second kappa shape index (κ2) is 10.3. The number of ether oxygens (including phenoxy) is 1. The van der Waals surface area contributed by atoms with Gasteiger partial charge in [0.2, 0.25) is 5.95 Å². The zero-order chi connectivity index (χ0) is 23.3. The molecule has 0 amide bonds. The molecule has 0 radical (unpaired) electrons. The molecule has 1 aromatic heterocycles. The van der Waals surface area contributed by atoms with Gasteiger partial charge in [0, 0.05) is 25.7 Å². The lowest BCUT2D eigenvalue weighted by Crippen LogP contribution is -2.40. The summed E-state index contributed by atoms with van der Waals surface area (Å²) in [5.74, 6) is 1.91. The summed E-state index contributed by atoms with van der Waals surface area (Å²) in [4.78, 5) is 7.54. The number of anilines is 1. The van der Waals surface area contributed by atoms with Crippen molar-refractivity contribution in [1.82, 2.24) is 14.5 Å². The fourth-order valence-electron chi connectivity index (χ4n) is 4.78. The Kier molecular flexibility index (Phi) is 6.82. The topological polar surface area (TPSA) is 42.3 Å². The number of nitrogens with one attached hydrogen (secondary N) is 1. The SMILES string of the molecule is COc1ccc(CCN2CCC(Nc3nc4ccccc4n3Cc3ccc(C)cc3)CC2)cc1. The van der Waals surface area contributed by atoms with Crippen LogP contribution in [0.1, 0.15) is 29.5 Å². The molecule has 0 unspecified atom stereocenters. The zero-order valence-corrected chi connectivity index (χ0v) is 20.2. The molecule has 4 aromatic rings. The lowest BCUT2D eigenvalue weighted by molar-refractivity contribution is 0.221. The van der Waals surface area contributed by atoms with E-state index in [0.717, 1.165) is 62.7 Å². The molecule has 0 saturated carbocycles. The lowest BCUT2D eigenvalue weighted by atomic mass is 10.0. The van der Waals surface area contributed by atoms with Crippen LogP contribution in [0.3, 0.4) is 0 Å². The number of benzene rings is 3. The minimum Gasteiger partial charge on any atom is -0.497 e. The van der Waals surface area contributed by atoms with Gasteiger partial charge in [0.15, 0.2) is 0 Å². The summed E-state index contributed by atoms with van der Waals surface area (Å²) in [6.45, 7) is 6.29. The van der Waals surface area contributed by atoms with Crippen LogP contribution in [0.5, 0.6) is 5.75 Å². The van der Waals surface area contributed by atoms with E-state index in [1.807, 2.05) is 12.1 Å². The Bertz CT molecular complexity index is 1210. The molecule has 0 atom stereocenters. The van der Waals surface area contributed by atoms with E-state index < -0.39 is 0 Å². The predicted molar refractivity (Wildman–Crippen MR) is 140 cm³/mol. The van der Waals surface area contributed by atoms with Gasteiger partial charge in [-0.15, -0.1) is 0 Å². The highest BCUT2D eigenvalue weighted by Gasteiger charge is 2.21. The monoisotopic (exact) mass is 454 g/mol. The van der Waals surface area contributed by atoms with Crippen LogP contribution in [0, 0.1) is 6.92 Å². The zero-order valence-electron chi connectivity index (χ0n) is 20.2. The number of fused-ring (bicyclic) bond motifs is 1. The fourth-order valence-corrected chi connectivity index (χ4v) is 4.78. The summed E-state index contributed by atoms with van der Waals surface area (Å²) in [6, 6.07) is 26.1. The van der Waals surface area contributed by atoms with Crippen LogP contribution in [0.2, 0.25) is 0 Å². The molecule has 34 heavy (non-hydrogen) atoms. The van der Waals surface area contributed by atoms with Crippen molar-refractivity contribution in [3.05, 3.63) is 89.5 Å². The van der Waals surface area contributed by atoms with Gasteiger partial charge < -0.3 is 19.5 Å². The normalized spacial score (nSPS) is 15.0. The van der Waals surface area contributed by atoms with E-state index in [1.54, 1.807) is 7.11 Å². The van der Waals surface area contributed by atoms with Gasteiger partial charge in [-0.3, -0.25) is 0 Å². The van der Waals surface area contributed by atoms with E-state index in [9.17, 15) is 0 Å². The van der Waals surface area contributed by atoms with E-state index in [1.165, 1.54) is 22.2 Å². The molecular formula is C29H34N4O. The molecule has 1 N–H and O–H groups in total. The summed E-state index contributed by atoms with van der Waals surface area (Å²) in [7, 11) is 1.71. The number of rotatable bonds is 8.